The summed E-state index contributed by atoms with van der Waals surface area (Å²) in [6.45, 7) is 0.939. The van der Waals surface area contributed by atoms with Gasteiger partial charge in [-0.1, -0.05) is 0 Å². The first-order valence-corrected chi connectivity index (χ1v) is 2.70. The van der Waals surface area contributed by atoms with Crippen LogP contribution in [0, 0.1) is 11.3 Å². The van der Waals surface area contributed by atoms with Gasteiger partial charge < -0.3 is 0 Å². The highest BCUT2D eigenvalue weighted by Gasteiger charge is 2.18. The zero-order valence-electron chi connectivity index (χ0n) is 4.89. The van der Waals surface area contributed by atoms with Gasteiger partial charge in [0.2, 0.25) is 0 Å². The number of hydrogen-bond donors (Lipinski definition) is 1. The average molecular weight is 111 g/mol. The number of nitrogens with one attached hydrogen (secondary N) is 1. The molecule has 0 aliphatic carbocycles. The second-order valence-corrected chi connectivity index (χ2v) is 1.95. The molecule has 1 aliphatic rings. The Morgan fingerprint density at radius 1 is 1.88 bits per heavy atom. The molecular weight excluding hydrogens is 102 g/mol. The van der Waals surface area contributed by atoms with Crippen molar-refractivity contribution >= 4 is 0 Å². The topological polar surface area (TPSA) is 39.1 Å². The third kappa shape index (κ3) is 0.808. The number of hydrazine groups is 1. The second-order valence-electron chi connectivity index (χ2n) is 1.95. The summed E-state index contributed by atoms with van der Waals surface area (Å²) in [6.07, 6.45) is 0.951. The van der Waals surface area contributed by atoms with E-state index in [0.29, 0.717) is 0 Å². The molecule has 0 aromatic carbocycles. The smallest absolute Gasteiger partial charge is 0.112 e. The summed E-state index contributed by atoms with van der Waals surface area (Å²) >= 11 is 0. The summed E-state index contributed by atoms with van der Waals surface area (Å²) in [5.74, 6) is 0. The van der Waals surface area contributed by atoms with E-state index in [1.165, 1.54) is 0 Å². The van der Waals surface area contributed by atoms with Crippen LogP contribution < -0.4 is 5.43 Å². The van der Waals surface area contributed by atoms with Gasteiger partial charge in [0.15, 0.2) is 0 Å². The Morgan fingerprint density at radius 3 is 2.88 bits per heavy atom. The van der Waals surface area contributed by atoms with Crippen molar-refractivity contribution in [2.24, 2.45) is 0 Å². The van der Waals surface area contributed by atoms with Crippen molar-refractivity contribution in [1.29, 1.82) is 5.26 Å². The molecule has 1 aliphatic heterocycles. The maximum Gasteiger partial charge on any atom is 0.112 e. The molecule has 44 valence electrons. The molecule has 1 rings (SSSR count). The number of nitrogens with zero attached hydrogens (tertiary/aromatic N) is 2. The quantitative estimate of drug-likeness (QED) is 0.467. The normalized spacial score (nSPS) is 30.2. The SMILES string of the molecule is CN1NCCC1C#N. The third-order valence-corrected chi connectivity index (χ3v) is 1.40. The van der Waals surface area contributed by atoms with E-state index in [1.807, 2.05) is 12.1 Å². The molecule has 0 amide bonds. The molecule has 0 saturated carbocycles. The molecule has 1 heterocycles. The fourth-order valence-corrected chi connectivity index (χ4v) is 0.833. The number of nitriles is 1. The van der Waals surface area contributed by atoms with Crippen LogP contribution in [0.15, 0.2) is 0 Å². The van der Waals surface area contributed by atoms with Crippen molar-refractivity contribution < 1.29 is 0 Å². The van der Waals surface area contributed by atoms with Crippen LogP contribution in [-0.2, 0) is 0 Å². The van der Waals surface area contributed by atoms with Gasteiger partial charge in [0, 0.05) is 13.6 Å². The van der Waals surface area contributed by atoms with E-state index in [9.17, 15) is 0 Å². The van der Waals surface area contributed by atoms with E-state index >= 15 is 0 Å². The molecular formula is C5H9N3. The first kappa shape index (κ1) is 5.54. The van der Waals surface area contributed by atoms with Crippen molar-refractivity contribution in [3.8, 4) is 6.07 Å². The molecule has 3 nitrogen and oxygen atoms in total. The molecule has 1 saturated heterocycles. The maximum absolute atomic E-state index is 8.40. The molecule has 3 heteroatoms. The van der Waals surface area contributed by atoms with Gasteiger partial charge in [0.1, 0.15) is 6.04 Å². The van der Waals surface area contributed by atoms with E-state index in [-0.39, 0.29) is 6.04 Å². The highest BCUT2D eigenvalue weighted by Crippen LogP contribution is 2.02. The van der Waals surface area contributed by atoms with Gasteiger partial charge in [-0.3, -0.25) is 5.43 Å². The lowest BCUT2D eigenvalue weighted by atomic mass is 10.3. The molecule has 8 heavy (non-hydrogen) atoms. The lowest BCUT2D eigenvalue weighted by molar-refractivity contribution is 0.275. The summed E-state index contributed by atoms with van der Waals surface area (Å²) in [5, 5.41) is 10.3. The molecule has 1 atom stereocenters. The lowest BCUT2D eigenvalue weighted by Crippen LogP contribution is -2.31. The fourth-order valence-electron chi connectivity index (χ4n) is 0.833. The zero-order valence-corrected chi connectivity index (χ0v) is 4.89. The Kier molecular flexibility index (Phi) is 1.47. The maximum atomic E-state index is 8.40. The predicted molar refractivity (Wildman–Crippen MR) is 29.8 cm³/mol. The molecule has 0 aromatic rings. The average Bonchev–Trinajstić information content (AvgIpc) is 2.14. The first-order valence-electron chi connectivity index (χ1n) is 2.70. The highest BCUT2D eigenvalue weighted by molar-refractivity contribution is 4.92. The van der Waals surface area contributed by atoms with E-state index in [0.717, 1.165) is 13.0 Å². The summed E-state index contributed by atoms with van der Waals surface area (Å²) in [4.78, 5) is 0. The van der Waals surface area contributed by atoms with Crippen LogP contribution in [0.3, 0.4) is 0 Å². The van der Waals surface area contributed by atoms with Crippen LogP contribution in [0.1, 0.15) is 6.42 Å². The van der Waals surface area contributed by atoms with Gasteiger partial charge in [-0.25, -0.2) is 5.01 Å². The van der Waals surface area contributed by atoms with E-state index < -0.39 is 0 Å². The summed E-state index contributed by atoms with van der Waals surface area (Å²) < 4.78 is 0. The Morgan fingerprint density at radius 2 is 2.62 bits per heavy atom. The van der Waals surface area contributed by atoms with Crippen LogP contribution in [-0.4, -0.2) is 24.6 Å². The van der Waals surface area contributed by atoms with Crippen LogP contribution in [0.25, 0.3) is 0 Å². The van der Waals surface area contributed by atoms with Crippen LogP contribution >= 0.6 is 0 Å². The fraction of sp³-hybridized carbons (Fsp3) is 0.800. The lowest BCUT2D eigenvalue weighted by Gasteiger charge is -2.09. The Balaban J connectivity index is 2.45. The summed E-state index contributed by atoms with van der Waals surface area (Å²) in [6, 6.07) is 2.27. The number of rotatable bonds is 0. The minimum atomic E-state index is 0.0926. The summed E-state index contributed by atoms with van der Waals surface area (Å²) in [5.41, 5.74) is 3.03. The van der Waals surface area contributed by atoms with Gasteiger partial charge in [-0.05, 0) is 6.42 Å². The van der Waals surface area contributed by atoms with Crippen molar-refractivity contribution in [3.63, 3.8) is 0 Å². The molecule has 0 radical (unpaired) electrons. The molecule has 0 aromatic heterocycles. The van der Waals surface area contributed by atoms with Crippen LogP contribution in [0.2, 0.25) is 0 Å². The molecule has 0 spiro atoms. The van der Waals surface area contributed by atoms with Gasteiger partial charge in [-0.2, -0.15) is 5.26 Å². The predicted octanol–water partition coefficient (Wildman–Crippen LogP) is -0.281. The largest absolute Gasteiger partial charge is 0.254 e. The standard InChI is InChI=1S/C5H9N3/c1-8-5(4-6)2-3-7-8/h5,7H,2-3H2,1H3. The minimum Gasteiger partial charge on any atom is -0.254 e. The van der Waals surface area contributed by atoms with Gasteiger partial charge >= 0.3 is 0 Å². The Bertz CT molecular complexity index is 115. The minimum absolute atomic E-state index is 0.0926. The Labute approximate surface area is 48.9 Å². The molecule has 1 N–H and O–H groups in total. The first-order chi connectivity index (χ1) is 3.84. The molecule has 0 bridgehead atoms. The van der Waals surface area contributed by atoms with Gasteiger partial charge in [0.05, 0.1) is 6.07 Å². The van der Waals surface area contributed by atoms with E-state index in [2.05, 4.69) is 11.5 Å². The van der Waals surface area contributed by atoms with E-state index in [1.54, 1.807) is 0 Å². The highest BCUT2D eigenvalue weighted by atomic mass is 15.5. The van der Waals surface area contributed by atoms with Gasteiger partial charge in [-0.15, -0.1) is 0 Å². The summed E-state index contributed by atoms with van der Waals surface area (Å²) in [7, 11) is 1.89. The second kappa shape index (κ2) is 2.12. The molecule has 1 fully saturated rings. The van der Waals surface area contributed by atoms with Crippen molar-refractivity contribution in [1.82, 2.24) is 10.4 Å². The third-order valence-electron chi connectivity index (χ3n) is 1.40. The van der Waals surface area contributed by atoms with Crippen LogP contribution in [0.4, 0.5) is 0 Å². The Hall–Kier alpha value is -0.590. The van der Waals surface area contributed by atoms with E-state index in [4.69, 9.17) is 5.26 Å². The van der Waals surface area contributed by atoms with Crippen LogP contribution in [0.5, 0.6) is 0 Å². The monoisotopic (exact) mass is 111 g/mol. The van der Waals surface area contributed by atoms with Gasteiger partial charge in [0.25, 0.3) is 0 Å². The van der Waals surface area contributed by atoms with Crippen molar-refractivity contribution in [3.05, 3.63) is 0 Å². The number of hydrogen-bond acceptors (Lipinski definition) is 3. The zero-order chi connectivity index (χ0) is 5.98. The molecule has 1 unspecified atom stereocenters. The van der Waals surface area contributed by atoms with Crippen molar-refractivity contribution in [2.45, 2.75) is 12.5 Å². The van der Waals surface area contributed by atoms with Crippen molar-refractivity contribution in [2.75, 3.05) is 13.6 Å².